The number of nitrogens with zero attached hydrogens (tertiary/aromatic N) is 2. The number of rotatable bonds is 5. The number of ether oxygens (including phenoxy) is 1. The number of fused-ring (bicyclic) bond motifs is 1. The lowest BCUT2D eigenvalue weighted by Gasteiger charge is -2.47. The zero-order valence-corrected chi connectivity index (χ0v) is 20.3. The van der Waals surface area contributed by atoms with Crippen molar-refractivity contribution in [2.24, 2.45) is 4.99 Å². The number of hydrogen-bond donors (Lipinski definition) is 1. The number of carbonyl (C=O) groups excluding carboxylic acids is 1. The lowest BCUT2D eigenvalue weighted by atomic mass is 9.79. The van der Waals surface area contributed by atoms with Crippen molar-refractivity contribution in [2.75, 3.05) is 18.1 Å². The molecule has 5 nitrogen and oxygen atoms in total. The average Bonchev–Trinajstić information content (AvgIpc) is 3.08. The van der Waals surface area contributed by atoms with E-state index >= 15 is 0 Å². The third-order valence-electron chi connectivity index (χ3n) is 6.05. The fourth-order valence-electron chi connectivity index (χ4n) is 4.73. The smallest absolute Gasteiger partial charge is 0.264 e. The third kappa shape index (κ3) is 4.56. The van der Waals surface area contributed by atoms with Crippen LogP contribution in [0.5, 0.6) is 5.75 Å². The molecule has 2 aliphatic rings. The molecule has 2 aliphatic heterocycles. The van der Waals surface area contributed by atoms with Crippen LogP contribution in [0.3, 0.4) is 0 Å². The van der Waals surface area contributed by atoms with Gasteiger partial charge in [-0.25, -0.2) is 4.99 Å². The molecule has 2 aromatic rings. The minimum Gasteiger partial charge on any atom is -0.494 e. The summed E-state index contributed by atoms with van der Waals surface area (Å²) in [6, 6.07) is 14.1. The Labute approximate surface area is 194 Å². The van der Waals surface area contributed by atoms with Crippen molar-refractivity contribution in [1.29, 1.82) is 0 Å². The molecule has 6 heteroatoms. The number of amides is 1. The van der Waals surface area contributed by atoms with Crippen molar-refractivity contribution in [1.82, 2.24) is 5.32 Å². The van der Waals surface area contributed by atoms with Gasteiger partial charge in [0.25, 0.3) is 5.91 Å². The van der Waals surface area contributed by atoms with Crippen LogP contribution < -0.4 is 15.0 Å². The largest absolute Gasteiger partial charge is 0.494 e. The van der Waals surface area contributed by atoms with Crippen molar-refractivity contribution in [3.8, 4) is 5.75 Å². The van der Waals surface area contributed by atoms with Crippen molar-refractivity contribution in [2.45, 2.75) is 52.5 Å². The summed E-state index contributed by atoms with van der Waals surface area (Å²) in [5.74, 6) is 1.18. The molecule has 0 aliphatic carbocycles. The van der Waals surface area contributed by atoms with Gasteiger partial charge in [-0.15, -0.1) is 0 Å². The standard InChI is InChI=1S/C26H31N3O2S/c1-6-29-22-13-8-18(14-21(22)17(3)16-26(29,4)5)15-23-24(30)28-25(32-23)27-19-9-11-20(12-10-19)31-7-2/h8-15,17H,6-7,16H2,1-5H3,(H,27,28,30)/b23-15-. The lowest BCUT2D eigenvalue weighted by Crippen LogP contribution is -2.48. The van der Waals surface area contributed by atoms with Gasteiger partial charge >= 0.3 is 0 Å². The number of amidine groups is 1. The van der Waals surface area contributed by atoms with E-state index in [4.69, 9.17) is 4.74 Å². The van der Waals surface area contributed by atoms with E-state index in [0.29, 0.717) is 22.6 Å². The van der Waals surface area contributed by atoms with Gasteiger partial charge in [0.15, 0.2) is 5.17 Å². The van der Waals surface area contributed by atoms with Crippen molar-refractivity contribution < 1.29 is 9.53 Å². The maximum Gasteiger partial charge on any atom is 0.264 e. The van der Waals surface area contributed by atoms with E-state index < -0.39 is 0 Å². The van der Waals surface area contributed by atoms with Gasteiger partial charge in [-0.05, 0) is 105 Å². The molecule has 0 bridgehead atoms. The summed E-state index contributed by atoms with van der Waals surface area (Å²) in [6.07, 6.45) is 3.08. The summed E-state index contributed by atoms with van der Waals surface area (Å²) in [4.78, 5) is 20.3. The van der Waals surface area contributed by atoms with Crippen LogP contribution in [0.15, 0.2) is 52.4 Å². The lowest BCUT2D eigenvalue weighted by molar-refractivity contribution is -0.115. The molecule has 1 N–H and O–H groups in total. The maximum absolute atomic E-state index is 12.5. The number of aliphatic imine (C=N–C) groups is 1. The van der Waals surface area contributed by atoms with E-state index in [1.807, 2.05) is 37.3 Å². The molecule has 1 fully saturated rings. The first-order chi connectivity index (χ1) is 15.3. The first kappa shape index (κ1) is 22.5. The summed E-state index contributed by atoms with van der Waals surface area (Å²) in [5.41, 5.74) is 4.63. The molecular formula is C26H31N3O2S. The van der Waals surface area contributed by atoms with Gasteiger partial charge in [0.2, 0.25) is 0 Å². The van der Waals surface area contributed by atoms with Crippen LogP contribution in [0.25, 0.3) is 6.08 Å². The Morgan fingerprint density at radius 2 is 1.97 bits per heavy atom. The summed E-state index contributed by atoms with van der Waals surface area (Å²) in [5, 5.41) is 3.47. The topological polar surface area (TPSA) is 53.9 Å². The van der Waals surface area contributed by atoms with E-state index in [1.54, 1.807) is 0 Å². The molecule has 1 unspecified atom stereocenters. The highest BCUT2D eigenvalue weighted by atomic mass is 32.2. The van der Waals surface area contributed by atoms with Crippen LogP contribution in [0.2, 0.25) is 0 Å². The maximum atomic E-state index is 12.5. The average molecular weight is 450 g/mol. The number of carbonyl (C=O) groups is 1. The van der Waals surface area contributed by atoms with Crippen LogP contribution in [0, 0.1) is 0 Å². The second kappa shape index (κ2) is 9.02. The van der Waals surface area contributed by atoms with Crippen molar-refractivity contribution >= 4 is 40.3 Å². The fourth-order valence-corrected chi connectivity index (χ4v) is 5.57. The Balaban J connectivity index is 1.56. The quantitative estimate of drug-likeness (QED) is 0.561. The first-order valence-corrected chi connectivity index (χ1v) is 12.1. The van der Waals surface area contributed by atoms with E-state index in [-0.39, 0.29) is 11.4 Å². The highest BCUT2D eigenvalue weighted by molar-refractivity contribution is 8.18. The summed E-state index contributed by atoms with van der Waals surface area (Å²) < 4.78 is 5.47. The molecule has 4 rings (SSSR count). The van der Waals surface area contributed by atoms with Crippen LogP contribution in [0.1, 0.15) is 58.1 Å². The van der Waals surface area contributed by atoms with Crippen LogP contribution in [-0.4, -0.2) is 29.8 Å². The van der Waals surface area contributed by atoms with E-state index in [9.17, 15) is 4.79 Å². The third-order valence-corrected chi connectivity index (χ3v) is 6.96. The van der Waals surface area contributed by atoms with Gasteiger partial charge in [-0.1, -0.05) is 13.0 Å². The molecule has 32 heavy (non-hydrogen) atoms. The van der Waals surface area contributed by atoms with Crippen LogP contribution >= 0.6 is 11.8 Å². The Kier molecular flexibility index (Phi) is 6.33. The zero-order valence-electron chi connectivity index (χ0n) is 19.4. The summed E-state index contributed by atoms with van der Waals surface area (Å²) in [7, 11) is 0. The number of anilines is 1. The number of thioether (sulfide) groups is 1. The fraction of sp³-hybridized carbons (Fsp3) is 0.385. The molecule has 1 atom stereocenters. The van der Waals surface area contributed by atoms with Gasteiger partial charge in [-0.3, -0.25) is 4.79 Å². The predicted molar refractivity (Wildman–Crippen MR) is 135 cm³/mol. The Hall–Kier alpha value is -2.73. The molecule has 2 heterocycles. The Bertz CT molecular complexity index is 1070. The molecule has 168 valence electrons. The van der Waals surface area contributed by atoms with Crippen molar-refractivity contribution in [3.63, 3.8) is 0 Å². The minimum absolute atomic E-state index is 0.109. The first-order valence-electron chi connectivity index (χ1n) is 11.2. The monoisotopic (exact) mass is 449 g/mol. The molecule has 1 amide bonds. The van der Waals surface area contributed by atoms with E-state index in [0.717, 1.165) is 30.0 Å². The second-order valence-electron chi connectivity index (χ2n) is 8.89. The van der Waals surface area contributed by atoms with Crippen LogP contribution in [-0.2, 0) is 4.79 Å². The molecule has 0 radical (unpaired) electrons. The molecule has 0 aromatic heterocycles. The number of benzene rings is 2. The second-order valence-corrected chi connectivity index (χ2v) is 9.92. The predicted octanol–water partition coefficient (Wildman–Crippen LogP) is 6.09. The van der Waals surface area contributed by atoms with Gasteiger partial charge in [0, 0.05) is 17.8 Å². The van der Waals surface area contributed by atoms with E-state index in [1.165, 1.54) is 23.0 Å². The van der Waals surface area contributed by atoms with Crippen molar-refractivity contribution in [3.05, 3.63) is 58.5 Å². The van der Waals surface area contributed by atoms with Gasteiger partial charge < -0.3 is 15.0 Å². The van der Waals surface area contributed by atoms with Gasteiger partial charge in [0.1, 0.15) is 5.75 Å². The zero-order chi connectivity index (χ0) is 22.9. The molecule has 2 aromatic carbocycles. The number of hydrogen-bond acceptors (Lipinski definition) is 5. The normalized spacial score (nSPS) is 22.2. The summed E-state index contributed by atoms with van der Waals surface area (Å²) in [6.45, 7) is 12.7. The minimum atomic E-state index is -0.109. The Morgan fingerprint density at radius 1 is 1.22 bits per heavy atom. The highest BCUT2D eigenvalue weighted by Crippen LogP contribution is 2.43. The van der Waals surface area contributed by atoms with E-state index in [2.05, 4.69) is 61.1 Å². The summed E-state index contributed by atoms with van der Waals surface area (Å²) >= 11 is 1.37. The van der Waals surface area contributed by atoms with Gasteiger partial charge in [-0.2, -0.15) is 0 Å². The molecular weight excluding hydrogens is 418 g/mol. The SMILES string of the molecule is CCOc1ccc(N=C2NC(=O)/C(=C/c3ccc4c(c3)C(C)CC(C)(C)N4CC)S2)cc1. The highest BCUT2D eigenvalue weighted by Gasteiger charge is 2.35. The van der Waals surface area contributed by atoms with Crippen LogP contribution in [0.4, 0.5) is 11.4 Å². The van der Waals surface area contributed by atoms with Gasteiger partial charge in [0.05, 0.1) is 17.2 Å². The molecule has 0 saturated carbocycles. The molecule has 1 saturated heterocycles. The Morgan fingerprint density at radius 3 is 2.66 bits per heavy atom. The molecule has 0 spiro atoms. The number of nitrogens with one attached hydrogen (secondary N) is 1.